The molecule has 36 heavy (non-hydrogen) atoms. The van der Waals surface area contributed by atoms with E-state index < -0.39 is 72.6 Å². The summed E-state index contributed by atoms with van der Waals surface area (Å²) in [7, 11) is 0. The Morgan fingerprint density at radius 2 is 1.56 bits per heavy atom. The van der Waals surface area contributed by atoms with E-state index in [0.29, 0.717) is 11.4 Å². The van der Waals surface area contributed by atoms with Gasteiger partial charge in [-0.15, -0.1) is 0 Å². The van der Waals surface area contributed by atoms with E-state index in [1.54, 1.807) is 6.26 Å². The zero-order valence-electron chi connectivity index (χ0n) is 19.4. The number of thioether (sulfide) groups is 1. The van der Waals surface area contributed by atoms with Gasteiger partial charge in [-0.1, -0.05) is 0 Å². The molecule has 4 atom stereocenters. The van der Waals surface area contributed by atoms with E-state index in [0.717, 1.165) is 0 Å². The monoisotopic (exact) mass is 530 g/mol. The first-order valence-electron chi connectivity index (χ1n) is 10.7. The lowest BCUT2D eigenvalue weighted by molar-refractivity contribution is -0.142. The molecular weight excluding hydrogens is 500 g/mol. The van der Waals surface area contributed by atoms with Crippen LogP contribution >= 0.6 is 11.8 Å². The second-order valence-electron chi connectivity index (χ2n) is 7.72. The van der Waals surface area contributed by atoms with Crippen LogP contribution in [0.5, 0.6) is 0 Å². The number of amides is 3. The van der Waals surface area contributed by atoms with Gasteiger partial charge in [0.2, 0.25) is 17.7 Å². The molecule has 0 saturated carbocycles. The van der Waals surface area contributed by atoms with E-state index in [9.17, 15) is 33.9 Å². The van der Waals surface area contributed by atoms with E-state index >= 15 is 0 Å². The molecule has 4 unspecified atom stereocenters. The summed E-state index contributed by atoms with van der Waals surface area (Å²) >= 11 is 1.39. The number of H-pyrrole nitrogens is 1. The number of aromatic nitrogens is 2. The average Bonchev–Trinajstić information content (AvgIpc) is 3.30. The summed E-state index contributed by atoms with van der Waals surface area (Å²) < 4.78 is 0. The molecule has 0 aromatic carbocycles. The number of imidazole rings is 1. The van der Waals surface area contributed by atoms with Gasteiger partial charge in [0.15, 0.2) is 0 Å². The molecule has 0 saturated heterocycles. The highest BCUT2D eigenvalue weighted by atomic mass is 32.2. The van der Waals surface area contributed by atoms with Crippen LogP contribution in [0.25, 0.3) is 0 Å². The Kier molecular flexibility index (Phi) is 13.0. The van der Waals surface area contributed by atoms with Gasteiger partial charge in [-0.25, -0.2) is 9.78 Å². The smallest absolute Gasteiger partial charge is 0.326 e. The van der Waals surface area contributed by atoms with E-state index in [1.807, 2.05) is 0 Å². The topological polar surface area (TPSA) is 254 Å². The van der Waals surface area contributed by atoms with Crippen molar-refractivity contribution in [3.8, 4) is 0 Å². The number of aromatic amines is 1. The zero-order chi connectivity index (χ0) is 27.3. The molecule has 9 N–H and O–H groups in total. The van der Waals surface area contributed by atoms with Crippen molar-refractivity contribution in [2.75, 3.05) is 12.0 Å². The minimum Gasteiger partial charge on any atom is -0.481 e. The molecule has 3 amide bonds. The molecule has 0 bridgehead atoms. The number of carbonyl (C=O) groups excluding carboxylic acids is 3. The normalized spacial score (nSPS) is 14.1. The molecule has 0 aliphatic rings. The molecule has 15 nitrogen and oxygen atoms in total. The molecule has 0 radical (unpaired) electrons. The first-order chi connectivity index (χ1) is 16.9. The Hall–Kier alpha value is -3.66. The van der Waals surface area contributed by atoms with Crippen LogP contribution in [0.2, 0.25) is 0 Å². The average molecular weight is 531 g/mol. The number of carbonyl (C=O) groups is 6. The number of hydrogen-bond acceptors (Lipinski definition) is 9. The number of hydrogen-bond donors (Lipinski definition) is 8. The van der Waals surface area contributed by atoms with Crippen molar-refractivity contribution in [2.45, 2.75) is 56.3 Å². The Morgan fingerprint density at radius 3 is 2.08 bits per heavy atom. The number of aliphatic carboxylic acids is 3. The van der Waals surface area contributed by atoms with Gasteiger partial charge in [-0.3, -0.25) is 24.0 Å². The number of nitrogens with one attached hydrogen (secondary N) is 4. The zero-order valence-corrected chi connectivity index (χ0v) is 20.2. The Balaban J connectivity index is 3.07. The second kappa shape index (κ2) is 15.4. The lowest BCUT2D eigenvalue weighted by atomic mass is 10.1. The van der Waals surface area contributed by atoms with Gasteiger partial charge in [0.1, 0.15) is 18.1 Å². The van der Waals surface area contributed by atoms with E-state index in [1.165, 1.54) is 24.3 Å². The van der Waals surface area contributed by atoms with Crippen LogP contribution in [0, 0.1) is 0 Å². The summed E-state index contributed by atoms with van der Waals surface area (Å²) in [6, 6.07) is -5.50. The SMILES string of the molecule is CSCCC(NC(=O)C(Cc1cnc[nH]1)NC(=O)C(CCC(=O)O)NC(=O)C(N)CC(=O)O)C(=O)O. The predicted octanol–water partition coefficient (Wildman–Crippen LogP) is -2.09. The first kappa shape index (κ1) is 30.4. The number of carboxylic acid groups (broad SMARTS) is 3. The molecular formula is C20H30N6O9S. The van der Waals surface area contributed by atoms with Gasteiger partial charge in [-0.2, -0.15) is 11.8 Å². The third-order valence-corrected chi connectivity index (χ3v) is 5.49. The van der Waals surface area contributed by atoms with Gasteiger partial charge < -0.3 is 42.0 Å². The summed E-state index contributed by atoms with van der Waals surface area (Å²) in [6.07, 6.45) is 2.88. The molecule has 0 aliphatic heterocycles. The maximum absolute atomic E-state index is 13.0. The van der Waals surface area contributed by atoms with Gasteiger partial charge in [0, 0.05) is 24.7 Å². The molecule has 200 valence electrons. The van der Waals surface area contributed by atoms with Crippen molar-refractivity contribution >= 4 is 47.4 Å². The highest BCUT2D eigenvalue weighted by molar-refractivity contribution is 7.98. The minimum atomic E-state index is -1.50. The van der Waals surface area contributed by atoms with Crippen LogP contribution in [-0.4, -0.2) is 97.1 Å². The van der Waals surface area contributed by atoms with Crippen molar-refractivity contribution in [1.29, 1.82) is 0 Å². The maximum atomic E-state index is 13.0. The van der Waals surface area contributed by atoms with Crippen LogP contribution in [0.4, 0.5) is 0 Å². The van der Waals surface area contributed by atoms with Crippen LogP contribution in [0.1, 0.15) is 31.4 Å². The largest absolute Gasteiger partial charge is 0.481 e. The van der Waals surface area contributed by atoms with Gasteiger partial charge >= 0.3 is 17.9 Å². The standard InChI is InChI=1S/C20H30N6O9S/c1-36-5-4-13(20(34)35)25-19(33)14(6-10-8-22-9-23-10)26-18(32)12(2-3-15(27)28)24-17(31)11(21)7-16(29)30/h8-9,11-14H,2-7,21H2,1H3,(H,22,23)(H,24,31)(H,25,33)(H,26,32)(H,27,28)(H,29,30)(H,34,35). The molecule has 1 rings (SSSR count). The van der Waals surface area contributed by atoms with Crippen molar-refractivity contribution < 1.29 is 44.1 Å². The van der Waals surface area contributed by atoms with E-state index in [-0.39, 0.29) is 19.3 Å². The quantitative estimate of drug-likeness (QED) is 0.108. The van der Waals surface area contributed by atoms with Crippen molar-refractivity contribution in [2.24, 2.45) is 5.73 Å². The van der Waals surface area contributed by atoms with Crippen molar-refractivity contribution in [3.63, 3.8) is 0 Å². The predicted molar refractivity (Wildman–Crippen MR) is 126 cm³/mol. The number of carboxylic acids is 3. The maximum Gasteiger partial charge on any atom is 0.326 e. The fourth-order valence-corrected chi connectivity index (χ4v) is 3.43. The molecule has 1 aromatic heterocycles. The Bertz CT molecular complexity index is 927. The summed E-state index contributed by atoms with van der Waals surface area (Å²) in [6.45, 7) is 0. The molecule has 1 heterocycles. The van der Waals surface area contributed by atoms with Crippen LogP contribution in [-0.2, 0) is 35.2 Å². The molecule has 0 fully saturated rings. The van der Waals surface area contributed by atoms with Crippen LogP contribution < -0.4 is 21.7 Å². The Labute approximate surface area is 210 Å². The minimum absolute atomic E-state index is 0.120. The van der Waals surface area contributed by atoms with Gasteiger partial charge in [0.05, 0.1) is 18.8 Å². The second-order valence-corrected chi connectivity index (χ2v) is 8.71. The lowest BCUT2D eigenvalue weighted by Gasteiger charge is -2.24. The molecule has 16 heteroatoms. The number of rotatable bonds is 17. The van der Waals surface area contributed by atoms with Crippen molar-refractivity contribution in [1.82, 2.24) is 25.9 Å². The summed E-state index contributed by atoms with van der Waals surface area (Å²) in [5.74, 6) is -6.19. The lowest BCUT2D eigenvalue weighted by Crippen LogP contribution is -2.57. The fraction of sp³-hybridized carbons (Fsp3) is 0.550. The van der Waals surface area contributed by atoms with Gasteiger partial charge in [-0.05, 0) is 24.9 Å². The number of nitrogens with zero attached hydrogens (tertiary/aromatic N) is 1. The molecule has 0 aliphatic carbocycles. The number of nitrogens with two attached hydrogens (primary N) is 1. The van der Waals surface area contributed by atoms with Crippen LogP contribution in [0.15, 0.2) is 12.5 Å². The Morgan fingerprint density at radius 1 is 0.944 bits per heavy atom. The summed E-state index contributed by atoms with van der Waals surface area (Å²) in [5.41, 5.74) is 5.94. The van der Waals surface area contributed by atoms with Crippen LogP contribution in [0.3, 0.4) is 0 Å². The van der Waals surface area contributed by atoms with Gasteiger partial charge in [0.25, 0.3) is 0 Å². The fourth-order valence-electron chi connectivity index (χ4n) is 2.96. The van der Waals surface area contributed by atoms with E-state index in [2.05, 4.69) is 25.9 Å². The highest BCUT2D eigenvalue weighted by Gasteiger charge is 2.31. The van der Waals surface area contributed by atoms with E-state index in [4.69, 9.17) is 15.9 Å². The third kappa shape index (κ3) is 11.2. The summed E-state index contributed by atoms with van der Waals surface area (Å²) in [4.78, 5) is 78.1. The molecule has 0 spiro atoms. The van der Waals surface area contributed by atoms with Crippen molar-refractivity contribution in [3.05, 3.63) is 18.2 Å². The molecule has 1 aromatic rings. The third-order valence-electron chi connectivity index (χ3n) is 4.85. The highest BCUT2D eigenvalue weighted by Crippen LogP contribution is 2.06. The summed E-state index contributed by atoms with van der Waals surface area (Å²) in [5, 5.41) is 34.2. The first-order valence-corrected chi connectivity index (χ1v) is 12.1.